The van der Waals surface area contributed by atoms with E-state index in [0.29, 0.717) is 19.5 Å². The summed E-state index contributed by atoms with van der Waals surface area (Å²) < 4.78 is 11.7. The molecule has 0 aliphatic carbocycles. The Bertz CT molecular complexity index is 914. The zero-order chi connectivity index (χ0) is 20.4. The van der Waals surface area contributed by atoms with E-state index >= 15 is 0 Å². The van der Waals surface area contributed by atoms with Crippen LogP contribution in [-0.4, -0.2) is 49.1 Å². The van der Waals surface area contributed by atoms with Gasteiger partial charge in [0.25, 0.3) is 5.91 Å². The van der Waals surface area contributed by atoms with Crippen LogP contribution in [0.4, 0.5) is 0 Å². The van der Waals surface area contributed by atoms with E-state index in [4.69, 9.17) is 9.47 Å². The summed E-state index contributed by atoms with van der Waals surface area (Å²) in [4.78, 5) is 26.7. The van der Waals surface area contributed by atoms with Crippen LogP contribution >= 0.6 is 0 Å². The minimum Gasteiger partial charge on any atom is -0.483 e. The maximum absolute atomic E-state index is 12.8. The summed E-state index contributed by atoms with van der Waals surface area (Å²) in [6.07, 6.45) is 0.309. The molecule has 2 aromatic rings. The topological polar surface area (TPSA) is 67.9 Å². The van der Waals surface area contributed by atoms with Crippen LogP contribution in [0.25, 0.3) is 0 Å². The lowest BCUT2D eigenvalue weighted by atomic mass is 9.77. The Labute approximate surface area is 170 Å². The molecule has 2 aliphatic rings. The summed E-state index contributed by atoms with van der Waals surface area (Å²) in [7, 11) is 0. The van der Waals surface area contributed by atoms with Crippen molar-refractivity contribution in [3.63, 3.8) is 0 Å². The molecule has 0 aromatic heterocycles. The van der Waals surface area contributed by atoms with Gasteiger partial charge in [-0.15, -0.1) is 0 Å². The molecule has 2 fully saturated rings. The van der Waals surface area contributed by atoms with Crippen LogP contribution in [0, 0.1) is 13.8 Å². The van der Waals surface area contributed by atoms with Gasteiger partial charge in [0.05, 0.1) is 5.54 Å². The molecule has 0 saturated carbocycles. The monoisotopic (exact) mass is 394 g/mol. The number of morpholine rings is 1. The van der Waals surface area contributed by atoms with E-state index in [0.717, 1.165) is 22.4 Å². The lowest BCUT2D eigenvalue weighted by Gasteiger charge is -2.50. The van der Waals surface area contributed by atoms with Crippen molar-refractivity contribution in [3.05, 3.63) is 65.2 Å². The highest BCUT2D eigenvalue weighted by atomic mass is 16.5. The largest absolute Gasteiger partial charge is 0.483 e. The number of amides is 2. The highest BCUT2D eigenvalue weighted by Crippen LogP contribution is 2.37. The molecular formula is C23H26N2O4. The summed E-state index contributed by atoms with van der Waals surface area (Å²) in [5.74, 6) is 0.534. The van der Waals surface area contributed by atoms with Crippen LogP contribution in [0.15, 0.2) is 48.5 Å². The van der Waals surface area contributed by atoms with Crippen LogP contribution in [0.5, 0.6) is 5.75 Å². The Morgan fingerprint density at radius 1 is 1.21 bits per heavy atom. The third kappa shape index (κ3) is 3.72. The molecular weight excluding hydrogens is 368 g/mol. The number of nitrogens with zero attached hydrogens (tertiary/aromatic N) is 1. The van der Waals surface area contributed by atoms with Crippen LogP contribution in [0.3, 0.4) is 0 Å². The van der Waals surface area contributed by atoms with Gasteiger partial charge in [0.1, 0.15) is 18.5 Å². The molecule has 152 valence electrons. The summed E-state index contributed by atoms with van der Waals surface area (Å²) in [5.41, 5.74) is 2.59. The number of rotatable bonds is 4. The van der Waals surface area contributed by atoms with E-state index in [9.17, 15) is 9.59 Å². The Balaban J connectivity index is 1.46. The summed E-state index contributed by atoms with van der Waals surface area (Å²) in [6, 6.07) is 15.7. The first-order valence-electron chi connectivity index (χ1n) is 9.94. The molecule has 0 bridgehead atoms. The molecule has 0 radical (unpaired) electrons. The lowest BCUT2D eigenvalue weighted by molar-refractivity contribution is -0.158. The van der Waals surface area contributed by atoms with Crippen LogP contribution in [-0.2, 0) is 19.9 Å². The number of carbonyl (C=O) groups excluding carboxylic acids is 2. The predicted molar refractivity (Wildman–Crippen MR) is 109 cm³/mol. The van der Waals surface area contributed by atoms with Gasteiger partial charge >= 0.3 is 0 Å². The zero-order valence-corrected chi connectivity index (χ0v) is 16.8. The maximum atomic E-state index is 12.8. The van der Waals surface area contributed by atoms with Crippen LogP contribution in [0.2, 0.25) is 0 Å². The van der Waals surface area contributed by atoms with Crippen molar-refractivity contribution < 1.29 is 19.1 Å². The number of hydrogen-bond donors (Lipinski definition) is 1. The van der Waals surface area contributed by atoms with E-state index in [1.54, 1.807) is 4.90 Å². The third-order valence-electron chi connectivity index (χ3n) is 6.04. The van der Waals surface area contributed by atoms with Crippen LogP contribution < -0.4 is 10.1 Å². The zero-order valence-electron chi connectivity index (χ0n) is 16.8. The molecule has 2 heterocycles. The average molecular weight is 394 g/mol. The number of aryl methyl sites for hydroxylation is 1. The summed E-state index contributed by atoms with van der Waals surface area (Å²) in [6.45, 7) is 4.96. The number of fused-ring (bicyclic) bond motifs is 1. The molecule has 0 unspecified atom stereocenters. The molecule has 2 aromatic carbocycles. The van der Waals surface area contributed by atoms with E-state index in [2.05, 4.69) is 5.32 Å². The van der Waals surface area contributed by atoms with E-state index in [1.165, 1.54) is 0 Å². The quantitative estimate of drug-likeness (QED) is 0.864. The highest BCUT2D eigenvalue weighted by molar-refractivity contribution is 5.80. The van der Waals surface area contributed by atoms with Gasteiger partial charge in [0.15, 0.2) is 6.61 Å². The van der Waals surface area contributed by atoms with Gasteiger partial charge in [-0.1, -0.05) is 42.5 Å². The molecule has 0 spiro atoms. The minimum atomic E-state index is -0.596. The molecule has 2 amide bonds. The van der Waals surface area contributed by atoms with Gasteiger partial charge in [-0.05, 0) is 43.0 Å². The highest BCUT2D eigenvalue weighted by Gasteiger charge is 2.49. The van der Waals surface area contributed by atoms with E-state index < -0.39 is 5.54 Å². The summed E-state index contributed by atoms with van der Waals surface area (Å²) >= 11 is 0. The number of hydrogen-bond acceptors (Lipinski definition) is 4. The van der Waals surface area contributed by atoms with Gasteiger partial charge in [0, 0.05) is 13.1 Å². The third-order valence-corrected chi connectivity index (χ3v) is 6.04. The molecule has 4 rings (SSSR count). The smallest absolute Gasteiger partial charge is 0.260 e. The first kappa shape index (κ1) is 19.5. The average Bonchev–Trinajstić information content (AvgIpc) is 2.74. The molecule has 2 aliphatic heterocycles. The van der Waals surface area contributed by atoms with Crippen molar-refractivity contribution in [1.82, 2.24) is 10.2 Å². The van der Waals surface area contributed by atoms with Gasteiger partial charge in [-0.3, -0.25) is 9.59 Å². The predicted octanol–water partition coefficient (Wildman–Crippen LogP) is 2.33. The standard InChI is InChI=1S/C23H26N2O4/c1-16-7-6-10-19(17(16)2)28-15-22(27)25-12-11-23(18-8-4-3-5-9-18)20(13-25)29-14-21(26)24-23/h3-10,20H,11-15H2,1-2H3,(H,24,26)/t20-,23+/m1/s1. The fraction of sp³-hybridized carbons (Fsp3) is 0.391. The number of piperidine rings is 1. The second kappa shape index (κ2) is 7.87. The van der Waals surface area contributed by atoms with Gasteiger partial charge in [-0.2, -0.15) is 0 Å². The SMILES string of the molecule is Cc1cccc(OCC(=O)N2CC[C@@]3(c4ccccc4)NC(=O)CO[C@@H]3C2)c1C. The molecule has 6 nitrogen and oxygen atoms in total. The second-order valence-electron chi connectivity index (χ2n) is 7.76. The lowest BCUT2D eigenvalue weighted by Crippen LogP contribution is -2.67. The Kier molecular flexibility index (Phi) is 5.28. The number of nitrogens with one attached hydrogen (secondary N) is 1. The molecule has 29 heavy (non-hydrogen) atoms. The van der Waals surface area contributed by atoms with Gasteiger partial charge < -0.3 is 19.7 Å². The molecule has 2 saturated heterocycles. The molecule has 2 atom stereocenters. The molecule has 6 heteroatoms. The fourth-order valence-electron chi connectivity index (χ4n) is 4.19. The molecule has 1 N–H and O–H groups in total. The maximum Gasteiger partial charge on any atom is 0.260 e. The van der Waals surface area contributed by atoms with E-state index in [1.807, 2.05) is 62.4 Å². The number of ether oxygens (including phenoxy) is 2. The van der Waals surface area contributed by atoms with Crippen LogP contribution in [0.1, 0.15) is 23.1 Å². The fourth-order valence-corrected chi connectivity index (χ4v) is 4.19. The van der Waals surface area contributed by atoms with Crippen molar-refractivity contribution in [2.75, 3.05) is 26.3 Å². The summed E-state index contributed by atoms with van der Waals surface area (Å²) in [5, 5.41) is 3.15. The van der Waals surface area contributed by atoms with Gasteiger partial charge in [-0.25, -0.2) is 0 Å². The normalized spacial score (nSPS) is 23.9. The minimum absolute atomic E-state index is 0.0122. The number of likely N-dealkylation sites (tertiary alicyclic amines) is 1. The van der Waals surface area contributed by atoms with Crippen molar-refractivity contribution >= 4 is 11.8 Å². The second-order valence-corrected chi connectivity index (χ2v) is 7.76. The number of benzene rings is 2. The Hall–Kier alpha value is -2.86. The Morgan fingerprint density at radius 2 is 2.00 bits per heavy atom. The van der Waals surface area contributed by atoms with E-state index in [-0.39, 0.29) is 31.1 Å². The Morgan fingerprint density at radius 3 is 2.79 bits per heavy atom. The van der Waals surface area contributed by atoms with Crippen molar-refractivity contribution in [3.8, 4) is 5.75 Å². The van der Waals surface area contributed by atoms with Crippen molar-refractivity contribution in [1.29, 1.82) is 0 Å². The first-order chi connectivity index (χ1) is 14.0. The van der Waals surface area contributed by atoms with Crippen molar-refractivity contribution in [2.45, 2.75) is 31.9 Å². The number of carbonyl (C=O) groups is 2. The first-order valence-corrected chi connectivity index (χ1v) is 9.94. The van der Waals surface area contributed by atoms with Gasteiger partial charge in [0.2, 0.25) is 5.91 Å². The van der Waals surface area contributed by atoms with Crippen molar-refractivity contribution in [2.24, 2.45) is 0 Å².